The number of carboxylic acid groups (broad SMARTS) is 1. The lowest BCUT2D eigenvalue weighted by atomic mass is 10.1. The molecule has 28 heavy (non-hydrogen) atoms. The Bertz CT molecular complexity index is 1060. The van der Waals surface area contributed by atoms with Gasteiger partial charge in [-0.2, -0.15) is 0 Å². The smallest absolute Gasteiger partial charge is 0.328 e. The number of carbonyl (C=O) groups is 2. The van der Waals surface area contributed by atoms with Crippen molar-refractivity contribution >= 4 is 28.7 Å². The fourth-order valence-electron chi connectivity index (χ4n) is 2.58. The number of carbonyl (C=O) groups excluding carboxylic acids is 1. The summed E-state index contributed by atoms with van der Waals surface area (Å²) in [6.45, 7) is 1.28. The van der Waals surface area contributed by atoms with Gasteiger partial charge in [-0.25, -0.2) is 9.78 Å². The van der Waals surface area contributed by atoms with Crippen molar-refractivity contribution in [3.63, 3.8) is 0 Å². The van der Waals surface area contributed by atoms with Crippen LogP contribution in [0.1, 0.15) is 22.8 Å². The Hall–Kier alpha value is -3.79. The predicted molar refractivity (Wildman–Crippen MR) is 101 cm³/mol. The topological polar surface area (TPSA) is 178 Å². The molecule has 0 bridgehead atoms. The Morgan fingerprint density at radius 2 is 1.96 bits per heavy atom. The number of aromatic nitrogens is 3. The van der Waals surface area contributed by atoms with Gasteiger partial charge in [0.05, 0.1) is 22.7 Å². The molecule has 0 radical (unpaired) electrons. The number of benzene rings is 1. The van der Waals surface area contributed by atoms with Gasteiger partial charge in [0, 0.05) is 11.8 Å². The monoisotopic (exact) mass is 382 g/mol. The molecular weight excluding hydrogens is 364 g/mol. The van der Waals surface area contributed by atoms with Crippen LogP contribution >= 0.6 is 0 Å². The van der Waals surface area contributed by atoms with Gasteiger partial charge in [-0.1, -0.05) is 0 Å². The van der Waals surface area contributed by atoms with E-state index in [0.717, 1.165) is 5.52 Å². The molecule has 2 heterocycles. The number of aliphatic hydroxyl groups is 1. The molecule has 3 rings (SSSR count). The van der Waals surface area contributed by atoms with Gasteiger partial charge in [-0.15, -0.1) is 0 Å². The number of aliphatic carboxylic acids is 1. The number of amidine groups is 1. The van der Waals surface area contributed by atoms with E-state index in [4.69, 9.17) is 16.2 Å². The maximum absolute atomic E-state index is 12.2. The van der Waals surface area contributed by atoms with E-state index < -0.39 is 24.0 Å². The Morgan fingerprint density at radius 1 is 1.25 bits per heavy atom. The molecule has 0 saturated heterocycles. The fourth-order valence-corrected chi connectivity index (χ4v) is 2.58. The second kappa shape index (κ2) is 7.45. The minimum Gasteiger partial charge on any atom is -0.480 e. The molecule has 2 aromatic heterocycles. The molecule has 0 aliphatic rings. The van der Waals surface area contributed by atoms with Crippen LogP contribution in [0.25, 0.3) is 22.6 Å². The number of nitrogens with one attached hydrogen (secondary N) is 3. The number of carboxylic acids is 1. The summed E-state index contributed by atoms with van der Waals surface area (Å²) in [5.74, 6) is -1.59. The summed E-state index contributed by atoms with van der Waals surface area (Å²) in [7, 11) is 0. The van der Waals surface area contributed by atoms with E-state index in [2.05, 4.69) is 20.3 Å². The Balaban J connectivity index is 1.82. The first-order valence-corrected chi connectivity index (χ1v) is 8.28. The number of fused-ring (bicyclic) bond motifs is 1. The molecule has 0 fully saturated rings. The summed E-state index contributed by atoms with van der Waals surface area (Å²) in [4.78, 5) is 34.9. The van der Waals surface area contributed by atoms with Crippen LogP contribution in [0.5, 0.6) is 0 Å². The van der Waals surface area contributed by atoms with Gasteiger partial charge in [-0.3, -0.25) is 15.2 Å². The number of hydrogen-bond acceptors (Lipinski definition) is 6. The number of rotatable bonds is 6. The zero-order valence-corrected chi connectivity index (χ0v) is 14.8. The Morgan fingerprint density at radius 3 is 2.54 bits per heavy atom. The first-order chi connectivity index (χ1) is 13.3. The van der Waals surface area contributed by atoms with Gasteiger partial charge in [0.2, 0.25) is 0 Å². The molecule has 0 spiro atoms. The third-order valence-corrected chi connectivity index (χ3v) is 4.10. The van der Waals surface area contributed by atoms with Crippen molar-refractivity contribution in [1.29, 1.82) is 5.41 Å². The number of nitrogens with two attached hydrogens (primary N) is 1. The number of hydrogen-bond donors (Lipinski definition) is 6. The minimum absolute atomic E-state index is 0.0585. The van der Waals surface area contributed by atoms with Crippen molar-refractivity contribution in [2.75, 3.05) is 0 Å². The number of amides is 1. The van der Waals surface area contributed by atoms with Gasteiger partial charge in [0.1, 0.15) is 11.5 Å². The quantitative estimate of drug-likeness (QED) is 0.265. The van der Waals surface area contributed by atoms with Crippen LogP contribution in [0.2, 0.25) is 0 Å². The van der Waals surface area contributed by atoms with Crippen LogP contribution in [0.15, 0.2) is 36.5 Å². The summed E-state index contributed by atoms with van der Waals surface area (Å²) in [5, 5.41) is 28.2. The highest BCUT2D eigenvalue weighted by atomic mass is 16.4. The summed E-state index contributed by atoms with van der Waals surface area (Å²) in [6, 6.07) is 6.77. The molecule has 0 saturated carbocycles. The highest BCUT2D eigenvalue weighted by molar-refractivity contribution is 5.98. The molecule has 1 amide bonds. The van der Waals surface area contributed by atoms with E-state index in [0.29, 0.717) is 22.6 Å². The van der Waals surface area contributed by atoms with Crippen LogP contribution in [-0.2, 0) is 4.79 Å². The molecule has 7 N–H and O–H groups in total. The first kappa shape index (κ1) is 19.0. The van der Waals surface area contributed by atoms with E-state index >= 15 is 0 Å². The van der Waals surface area contributed by atoms with Crippen molar-refractivity contribution in [3.05, 3.63) is 47.7 Å². The van der Waals surface area contributed by atoms with Crippen LogP contribution in [0, 0.1) is 5.41 Å². The van der Waals surface area contributed by atoms with Crippen molar-refractivity contribution in [2.45, 2.75) is 19.1 Å². The number of nitrogens with zero attached hydrogens (tertiary/aromatic N) is 2. The molecule has 1 unspecified atom stereocenters. The molecular formula is C18H18N6O4. The Labute approximate surface area is 158 Å². The highest BCUT2D eigenvalue weighted by Gasteiger charge is 2.25. The number of nitrogen functional groups attached to an aromatic ring is 1. The zero-order valence-electron chi connectivity index (χ0n) is 14.8. The van der Waals surface area contributed by atoms with Crippen LogP contribution in [-0.4, -0.2) is 55.0 Å². The SMILES string of the molecule is CC(O)[C@H](NC(=O)c1ccc(-c2nc3cc(C(=N)N)ccc3[nH]2)nc1)C(=O)O. The van der Waals surface area contributed by atoms with Crippen LogP contribution in [0.4, 0.5) is 0 Å². The number of pyridine rings is 1. The number of aromatic amines is 1. The van der Waals surface area contributed by atoms with E-state index in [1.54, 1.807) is 24.3 Å². The van der Waals surface area contributed by atoms with Gasteiger partial charge >= 0.3 is 5.97 Å². The largest absolute Gasteiger partial charge is 0.480 e. The first-order valence-electron chi connectivity index (χ1n) is 8.28. The van der Waals surface area contributed by atoms with Crippen molar-refractivity contribution in [3.8, 4) is 11.5 Å². The molecule has 3 aromatic rings. The normalized spacial score (nSPS) is 13.1. The molecule has 2 atom stereocenters. The van der Waals surface area contributed by atoms with Gasteiger partial charge in [0.15, 0.2) is 11.9 Å². The maximum Gasteiger partial charge on any atom is 0.328 e. The number of imidazole rings is 1. The molecule has 0 aliphatic heterocycles. The number of H-pyrrole nitrogens is 1. The summed E-state index contributed by atoms with van der Waals surface area (Å²) >= 11 is 0. The Kier molecular flexibility index (Phi) is 5.05. The maximum atomic E-state index is 12.2. The molecule has 10 heteroatoms. The van der Waals surface area contributed by atoms with Crippen molar-refractivity contribution in [1.82, 2.24) is 20.3 Å². The summed E-state index contributed by atoms with van der Waals surface area (Å²) in [5.41, 5.74) is 8.01. The summed E-state index contributed by atoms with van der Waals surface area (Å²) < 4.78 is 0. The average Bonchev–Trinajstić information content (AvgIpc) is 3.08. The van der Waals surface area contributed by atoms with E-state index in [-0.39, 0.29) is 11.4 Å². The molecule has 144 valence electrons. The predicted octanol–water partition coefficient (Wildman–Crippen LogP) is 0.473. The third-order valence-electron chi connectivity index (χ3n) is 4.10. The van der Waals surface area contributed by atoms with Crippen molar-refractivity contribution < 1.29 is 19.8 Å². The fraction of sp³-hybridized carbons (Fsp3) is 0.167. The zero-order chi connectivity index (χ0) is 20.4. The van der Waals surface area contributed by atoms with Crippen LogP contribution < -0.4 is 11.1 Å². The lowest BCUT2D eigenvalue weighted by Crippen LogP contribution is -2.47. The standard InChI is InChI=1S/C18H18N6O4/c1-8(25)14(18(27)28)24-17(26)10-3-5-12(21-7-10)16-22-11-4-2-9(15(19)20)6-13(11)23-16/h2-8,14,25H,1H3,(H3,19,20)(H,22,23)(H,24,26)(H,27,28)/t8?,14-/m0/s1. The molecule has 0 aliphatic carbocycles. The minimum atomic E-state index is -1.42. The lowest BCUT2D eigenvalue weighted by Gasteiger charge is -2.16. The highest BCUT2D eigenvalue weighted by Crippen LogP contribution is 2.20. The van der Waals surface area contributed by atoms with Crippen LogP contribution in [0.3, 0.4) is 0 Å². The molecule has 1 aromatic carbocycles. The lowest BCUT2D eigenvalue weighted by molar-refractivity contribution is -0.141. The van der Waals surface area contributed by atoms with E-state index in [1.165, 1.54) is 19.2 Å². The second-order valence-electron chi connectivity index (χ2n) is 6.19. The third kappa shape index (κ3) is 3.81. The van der Waals surface area contributed by atoms with Gasteiger partial charge in [0.25, 0.3) is 5.91 Å². The van der Waals surface area contributed by atoms with Crippen molar-refractivity contribution in [2.24, 2.45) is 5.73 Å². The van der Waals surface area contributed by atoms with Gasteiger partial charge in [-0.05, 0) is 37.3 Å². The van der Waals surface area contributed by atoms with E-state index in [9.17, 15) is 14.7 Å². The summed E-state index contributed by atoms with van der Waals surface area (Å²) in [6.07, 6.45) is 0.0453. The van der Waals surface area contributed by atoms with E-state index in [1.807, 2.05) is 0 Å². The van der Waals surface area contributed by atoms with Gasteiger partial charge < -0.3 is 26.2 Å². The number of aliphatic hydroxyl groups excluding tert-OH is 1. The second-order valence-corrected chi connectivity index (χ2v) is 6.19. The average molecular weight is 382 g/mol. The molecule has 10 nitrogen and oxygen atoms in total.